The number of fused-ring (bicyclic) bond motifs is 1. The van der Waals surface area contributed by atoms with Gasteiger partial charge in [-0.25, -0.2) is 9.78 Å². The first-order valence-corrected chi connectivity index (χ1v) is 8.22. The minimum absolute atomic E-state index is 0.0212. The van der Waals surface area contributed by atoms with Crippen molar-refractivity contribution < 1.29 is 19.5 Å². The summed E-state index contributed by atoms with van der Waals surface area (Å²) in [6, 6.07) is 0.144. The van der Waals surface area contributed by atoms with Gasteiger partial charge in [0.25, 0.3) is 5.91 Å². The molecule has 0 radical (unpaired) electrons. The van der Waals surface area contributed by atoms with Gasteiger partial charge in [-0.3, -0.25) is 9.59 Å². The van der Waals surface area contributed by atoms with Gasteiger partial charge in [0.05, 0.1) is 12.9 Å². The SMILES string of the molecule is CN1C(=O)c2c(C(=O)O)ncn2CC1(C)C(=O)NC1CCCCC1. The molecule has 1 atom stereocenters. The zero-order valence-electron chi connectivity index (χ0n) is 13.9. The first kappa shape index (κ1) is 16.5. The van der Waals surface area contributed by atoms with E-state index in [1.54, 1.807) is 6.92 Å². The monoisotopic (exact) mass is 334 g/mol. The van der Waals surface area contributed by atoms with E-state index in [0.717, 1.165) is 25.7 Å². The van der Waals surface area contributed by atoms with E-state index in [-0.39, 0.29) is 29.9 Å². The molecule has 1 aliphatic heterocycles. The normalized spacial score (nSPS) is 24.6. The Morgan fingerprint density at radius 3 is 2.62 bits per heavy atom. The Balaban J connectivity index is 1.86. The third-order valence-corrected chi connectivity index (χ3v) is 5.20. The fourth-order valence-electron chi connectivity index (χ4n) is 3.52. The van der Waals surface area contributed by atoms with Gasteiger partial charge in [-0.1, -0.05) is 19.3 Å². The maximum Gasteiger partial charge on any atom is 0.356 e. The van der Waals surface area contributed by atoms with Crippen LogP contribution < -0.4 is 5.32 Å². The molecule has 1 aromatic rings. The average Bonchev–Trinajstić information content (AvgIpc) is 2.97. The van der Waals surface area contributed by atoms with Crippen molar-refractivity contribution in [2.75, 3.05) is 7.05 Å². The number of imidazole rings is 1. The quantitative estimate of drug-likeness (QED) is 0.853. The molecule has 8 nitrogen and oxygen atoms in total. The molecular weight excluding hydrogens is 312 g/mol. The topological polar surface area (TPSA) is 105 Å². The van der Waals surface area contributed by atoms with Crippen LogP contribution in [0.4, 0.5) is 0 Å². The zero-order chi connectivity index (χ0) is 17.5. The van der Waals surface area contributed by atoms with Crippen molar-refractivity contribution in [2.45, 2.75) is 57.2 Å². The Morgan fingerprint density at radius 2 is 2.00 bits per heavy atom. The van der Waals surface area contributed by atoms with Crippen molar-refractivity contribution in [2.24, 2.45) is 0 Å². The molecule has 2 heterocycles. The van der Waals surface area contributed by atoms with E-state index in [0.29, 0.717) is 0 Å². The van der Waals surface area contributed by atoms with Crippen molar-refractivity contribution >= 4 is 17.8 Å². The van der Waals surface area contributed by atoms with Crippen LogP contribution >= 0.6 is 0 Å². The molecule has 2 aliphatic rings. The van der Waals surface area contributed by atoms with Crippen LogP contribution in [0.25, 0.3) is 0 Å². The van der Waals surface area contributed by atoms with Crippen molar-refractivity contribution in [1.82, 2.24) is 19.8 Å². The second kappa shape index (κ2) is 5.92. The summed E-state index contributed by atoms with van der Waals surface area (Å²) in [5, 5.41) is 12.2. The second-order valence-corrected chi connectivity index (χ2v) is 6.82. The van der Waals surface area contributed by atoms with Gasteiger partial charge in [-0.2, -0.15) is 0 Å². The number of carboxylic acid groups (broad SMARTS) is 1. The predicted molar refractivity (Wildman–Crippen MR) is 84.7 cm³/mol. The Kier molecular flexibility index (Phi) is 4.06. The molecule has 1 fully saturated rings. The Hall–Kier alpha value is -2.38. The number of hydrogen-bond donors (Lipinski definition) is 2. The summed E-state index contributed by atoms with van der Waals surface area (Å²) in [4.78, 5) is 41.8. The van der Waals surface area contributed by atoms with Crippen LogP contribution in [0.2, 0.25) is 0 Å². The van der Waals surface area contributed by atoms with Crippen LogP contribution in [0.15, 0.2) is 6.33 Å². The molecule has 2 amide bonds. The maximum atomic E-state index is 12.8. The fraction of sp³-hybridized carbons (Fsp3) is 0.625. The van der Waals surface area contributed by atoms with Gasteiger partial charge in [-0.15, -0.1) is 0 Å². The van der Waals surface area contributed by atoms with E-state index < -0.39 is 17.4 Å². The van der Waals surface area contributed by atoms with Gasteiger partial charge >= 0.3 is 5.97 Å². The molecule has 0 aromatic carbocycles. The lowest BCUT2D eigenvalue weighted by Gasteiger charge is -2.42. The fourth-order valence-corrected chi connectivity index (χ4v) is 3.52. The lowest BCUT2D eigenvalue weighted by atomic mass is 9.91. The molecule has 0 spiro atoms. The van der Waals surface area contributed by atoms with Crippen LogP contribution in [0.3, 0.4) is 0 Å². The van der Waals surface area contributed by atoms with Crippen LogP contribution in [0.5, 0.6) is 0 Å². The molecule has 1 saturated carbocycles. The number of carbonyl (C=O) groups is 3. The number of nitrogens with one attached hydrogen (secondary N) is 1. The van der Waals surface area contributed by atoms with Gasteiger partial charge in [-0.05, 0) is 19.8 Å². The smallest absolute Gasteiger partial charge is 0.356 e. The number of likely N-dealkylation sites (N-methyl/N-ethyl adjacent to an activating group) is 1. The zero-order valence-corrected chi connectivity index (χ0v) is 13.9. The first-order valence-electron chi connectivity index (χ1n) is 8.22. The van der Waals surface area contributed by atoms with Crippen LogP contribution in [-0.2, 0) is 11.3 Å². The number of aromatic nitrogens is 2. The van der Waals surface area contributed by atoms with E-state index in [4.69, 9.17) is 5.11 Å². The summed E-state index contributed by atoms with van der Waals surface area (Å²) in [7, 11) is 1.53. The second-order valence-electron chi connectivity index (χ2n) is 6.82. The number of aromatic carboxylic acids is 1. The summed E-state index contributed by atoms with van der Waals surface area (Å²) in [5.74, 6) is -1.96. The molecule has 8 heteroatoms. The van der Waals surface area contributed by atoms with Gasteiger partial charge < -0.3 is 19.9 Å². The molecule has 0 bridgehead atoms. The lowest BCUT2D eigenvalue weighted by molar-refractivity contribution is -0.133. The average molecular weight is 334 g/mol. The van der Waals surface area contributed by atoms with Crippen LogP contribution in [-0.4, -0.2) is 56.0 Å². The number of rotatable bonds is 3. The Morgan fingerprint density at radius 1 is 1.33 bits per heavy atom. The van der Waals surface area contributed by atoms with Crippen molar-refractivity contribution in [3.8, 4) is 0 Å². The predicted octanol–water partition coefficient (Wildman–Crippen LogP) is 0.874. The third-order valence-electron chi connectivity index (χ3n) is 5.20. The summed E-state index contributed by atoms with van der Waals surface area (Å²) in [6.45, 7) is 1.88. The van der Waals surface area contributed by atoms with Crippen molar-refractivity contribution in [3.05, 3.63) is 17.7 Å². The largest absolute Gasteiger partial charge is 0.476 e. The van der Waals surface area contributed by atoms with Crippen LogP contribution in [0.1, 0.15) is 60.0 Å². The number of amides is 2. The highest BCUT2D eigenvalue weighted by atomic mass is 16.4. The van der Waals surface area contributed by atoms with Crippen molar-refractivity contribution in [3.63, 3.8) is 0 Å². The van der Waals surface area contributed by atoms with E-state index in [1.807, 2.05) is 0 Å². The molecule has 1 aliphatic carbocycles. The lowest BCUT2D eigenvalue weighted by Crippen LogP contribution is -2.63. The molecule has 130 valence electrons. The molecular formula is C16H22N4O4. The Labute approximate surface area is 139 Å². The number of hydrogen-bond acceptors (Lipinski definition) is 4. The minimum Gasteiger partial charge on any atom is -0.476 e. The standard InChI is InChI=1S/C16H22N4O4/c1-16(15(24)18-10-6-4-3-5-7-10)8-20-9-17-11(14(22)23)12(20)13(21)19(16)2/h9-10H,3-8H2,1-2H3,(H,18,24)(H,22,23). The molecule has 1 aromatic heterocycles. The number of nitrogens with zero attached hydrogens (tertiary/aromatic N) is 3. The minimum atomic E-state index is -1.25. The summed E-state index contributed by atoms with van der Waals surface area (Å²) >= 11 is 0. The van der Waals surface area contributed by atoms with E-state index in [1.165, 1.54) is 29.3 Å². The molecule has 24 heavy (non-hydrogen) atoms. The number of carboxylic acids is 1. The summed E-state index contributed by atoms with van der Waals surface area (Å²) in [6.07, 6.45) is 6.63. The highest BCUT2D eigenvalue weighted by Gasteiger charge is 2.47. The van der Waals surface area contributed by atoms with E-state index in [9.17, 15) is 14.4 Å². The summed E-state index contributed by atoms with van der Waals surface area (Å²) in [5.41, 5.74) is -1.33. The first-order chi connectivity index (χ1) is 11.3. The van der Waals surface area contributed by atoms with Gasteiger partial charge in [0, 0.05) is 13.1 Å². The third kappa shape index (κ3) is 2.55. The van der Waals surface area contributed by atoms with Crippen molar-refractivity contribution in [1.29, 1.82) is 0 Å². The Bertz CT molecular complexity index is 692. The van der Waals surface area contributed by atoms with E-state index in [2.05, 4.69) is 10.3 Å². The van der Waals surface area contributed by atoms with Gasteiger partial charge in [0.1, 0.15) is 11.2 Å². The summed E-state index contributed by atoms with van der Waals surface area (Å²) < 4.78 is 1.46. The van der Waals surface area contributed by atoms with Gasteiger partial charge in [0.15, 0.2) is 5.69 Å². The molecule has 0 saturated heterocycles. The highest BCUT2D eigenvalue weighted by molar-refractivity contribution is 6.05. The maximum absolute atomic E-state index is 12.8. The molecule has 1 unspecified atom stereocenters. The molecule has 2 N–H and O–H groups in total. The van der Waals surface area contributed by atoms with Crippen LogP contribution in [0, 0.1) is 0 Å². The van der Waals surface area contributed by atoms with E-state index >= 15 is 0 Å². The molecule has 3 rings (SSSR count). The highest BCUT2D eigenvalue weighted by Crippen LogP contribution is 2.28. The van der Waals surface area contributed by atoms with Gasteiger partial charge in [0.2, 0.25) is 5.91 Å². The number of carbonyl (C=O) groups excluding carboxylic acids is 2.